The first-order chi connectivity index (χ1) is 12.7. The number of benzene rings is 2. The molecule has 26 heavy (non-hydrogen) atoms. The first kappa shape index (κ1) is 18.1. The molecule has 3 aromatic rings. The Morgan fingerprint density at radius 1 is 0.962 bits per heavy atom. The molecule has 0 radical (unpaired) electrons. The maximum absolute atomic E-state index is 10.3. The number of hydrogen-bond acceptors (Lipinski definition) is 4. The predicted molar refractivity (Wildman–Crippen MR) is 103 cm³/mol. The molecule has 0 bridgehead atoms. The van der Waals surface area contributed by atoms with E-state index in [0.29, 0.717) is 19.7 Å². The molecule has 0 aliphatic heterocycles. The van der Waals surface area contributed by atoms with Crippen LogP contribution >= 0.6 is 0 Å². The Morgan fingerprint density at radius 2 is 1.69 bits per heavy atom. The van der Waals surface area contributed by atoms with E-state index in [0.717, 1.165) is 28.0 Å². The highest BCUT2D eigenvalue weighted by Gasteiger charge is 2.09. The van der Waals surface area contributed by atoms with E-state index in [9.17, 15) is 5.11 Å². The maximum atomic E-state index is 10.3. The summed E-state index contributed by atoms with van der Waals surface area (Å²) >= 11 is 0. The smallest absolute Gasteiger partial charge is 0.119 e. The summed E-state index contributed by atoms with van der Waals surface area (Å²) in [7, 11) is 0. The summed E-state index contributed by atoms with van der Waals surface area (Å²) in [5.74, 6) is 0.838. The van der Waals surface area contributed by atoms with Crippen molar-refractivity contribution in [2.75, 3.05) is 6.54 Å². The molecule has 0 aliphatic carbocycles. The van der Waals surface area contributed by atoms with Crippen molar-refractivity contribution in [3.63, 3.8) is 0 Å². The van der Waals surface area contributed by atoms with Crippen LogP contribution in [0.25, 0.3) is 0 Å². The fourth-order valence-electron chi connectivity index (χ4n) is 2.77. The number of nitrogens with zero attached hydrogens (tertiary/aromatic N) is 1. The summed E-state index contributed by atoms with van der Waals surface area (Å²) in [4.78, 5) is 4.00. The topological polar surface area (TPSA) is 54.4 Å². The quantitative estimate of drug-likeness (QED) is 0.650. The normalized spacial score (nSPS) is 11.9. The lowest BCUT2D eigenvalue weighted by molar-refractivity contribution is 0.173. The van der Waals surface area contributed by atoms with Gasteiger partial charge in [0.25, 0.3) is 0 Å². The van der Waals surface area contributed by atoms with Gasteiger partial charge in [0.15, 0.2) is 0 Å². The minimum Gasteiger partial charge on any atom is -0.489 e. The Morgan fingerprint density at radius 3 is 2.42 bits per heavy atom. The maximum Gasteiger partial charge on any atom is 0.119 e. The van der Waals surface area contributed by atoms with E-state index in [1.165, 1.54) is 0 Å². The van der Waals surface area contributed by atoms with Gasteiger partial charge in [-0.2, -0.15) is 0 Å². The van der Waals surface area contributed by atoms with Crippen LogP contribution < -0.4 is 10.1 Å². The van der Waals surface area contributed by atoms with Crippen LogP contribution in [-0.2, 0) is 13.2 Å². The molecular formula is C22H24N2O2. The molecule has 0 spiro atoms. The van der Waals surface area contributed by atoms with E-state index in [4.69, 9.17) is 4.74 Å². The van der Waals surface area contributed by atoms with E-state index in [1.807, 2.05) is 67.6 Å². The third-order valence-electron chi connectivity index (χ3n) is 4.29. The van der Waals surface area contributed by atoms with Gasteiger partial charge in [0.2, 0.25) is 0 Å². The van der Waals surface area contributed by atoms with Crippen molar-refractivity contribution in [3.05, 3.63) is 95.3 Å². The molecule has 0 saturated carbocycles. The van der Waals surface area contributed by atoms with Crippen LogP contribution in [0.2, 0.25) is 0 Å². The van der Waals surface area contributed by atoms with Crippen molar-refractivity contribution in [1.82, 2.24) is 10.3 Å². The van der Waals surface area contributed by atoms with Gasteiger partial charge in [-0.3, -0.25) is 4.98 Å². The van der Waals surface area contributed by atoms with Gasteiger partial charge < -0.3 is 15.2 Å². The number of aliphatic hydroxyl groups is 1. The van der Waals surface area contributed by atoms with E-state index in [1.54, 1.807) is 12.4 Å². The molecule has 134 valence electrons. The molecule has 4 heteroatoms. The molecule has 0 aliphatic rings. The predicted octanol–water partition coefficient (Wildman–Crippen LogP) is 3.79. The number of ether oxygens (including phenoxy) is 1. The number of aryl methyl sites for hydroxylation is 1. The van der Waals surface area contributed by atoms with Gasteiger partial charge in [0.05, 0.1) is 6.10 Å². The van der Waals surface area contributed by atoms with Gasteiger partial charge in [0.1, 0.15) is 12.4 Å². The molecule has 0 amide bonds. The second-order valence-electron chi connectivity index (χ2n) is 6.29. The number of hydrogen-bond donors (Lipinski definition) is 2. The van der Waals surface area contributed by atoms with Crippen LogP contribution in [0.1, 0.15) is 28.4 Å². The first-order valence-electron chi connectivity index (χ1n) is 8.77. The standard InChI is InChI=1S/C22H24N2O2/c1-17-4-2-3-5-21(17)22(25)15-24-14-18-6-8-20(9-7-18)26-16-19-10-12-23-13-11-19/h2-13,22,24-25H,14-16H2,1H3. The first-order valence-corrected chi connectivity index (χ1v) is 8.77. The van der Waals surface area contributed by atoms with E-state index < -0.39 is 6.10 Å². The molecule has 2 aromatic carbocycles. The SMILES string of the molecule is Cc1ccccc1C(O)CNCc1ccc(OCc2ccncc2)cc1. The molecule has 0 fully saturated rings. The molecular weight excluding hydrogens is 324 g/mol. The van der Waals surface area contributed by atoms with Crippen LogP contribution in [0.3, 0.4) is 0 Å². The van der Waals surface area contributed by atoms with Gasteiger partial charge in [-0.1, -0.05) is 36.4 Å². The fourth-order valence-corrected chi connectivity index (χ4v) is 2.77. The van der Waals surface area contributed by atoms with Gasteiger partial charge >= 0.3 is 0 Å². The molecule has 0 saturated heterocycles. The highest BCUT2D eigenvalue weighted by molar-refractivity contribution is 5.29. The average Bonchev–Trinajstić information content (AvgIpc) is 2.68. The van der Waals surface area contributed by atoms with E-state index >= 15 is 0 Å². The molecule has 4 nitrogen and oxygen atoms in total. The minimum absolute atomic E-state index is 0.501. The highest BCUT2D eigenvalue weighted by atomic mass is 16.5. The second kappa shape index (κ2) is 9.13. The second-order valence-corrected chi connectivity index (χ2v) is 6.29. The number of pyridine rings is 1. The Balaban J connectivity index is 1.45. The van der Waals surface area contributed by atoms with Crippen molar-refractivity contribution >= 4 is 0 Å². The van der Waals surface area contributed by atoms with Crippen LogP contribution in [0.4, 0.5) is 0 Å². The van der Waals surface area contributed by atoms with E-state index in [-0.39, 0.29) is 0 Å². The summed E-state index contributed by atoms with van der Waals surface area (Å²) in [6.07, 6.45) is 3.02. The highest BCUT2D eigenvalue weighted by Crippen LogP contribution is 2.17. The Bertz CT molecular complexity index is 804. The molecule has 1 unspecified atom stereocenters. The zero-order chi connectivity index (χ0) is 18.2. The molecule has 1 heterocycles. The Labute approximate surface area is 154 Å². The van der Waals surface area contributed by atoms with Gasteiger partial charge in [0, 0.05) is 25.5 Å². The zero-order valence-corrected chi connectivity index (χ0v) is 14.9. The zero-order valence-electron chi connectivity index (χ0n) is 14.9. The molecule has 3 rings (SSSR count). The van der Waals surface area contributed by atoms with Crippen molar-refractivity contribution in [2.24, 2.45) is 0 Å². The monoisotopic (exact) mass is 348 g/mol. The van der Waals surface area contributed by atoms with Crippen molar-refractivity contribution in [1.29, 1.82) is 0 Å². The lowest BCUT2D eigenvalue weighted by atomic mass is 10.0. The Hall–Kier alpha value is -2.69. The lowest BCUT2D eigenvalue weighted by Crippen LogP contribution is -2.21. The van der Waals surface area contributed by atoms with Crippen LogP contribution in [-0.4, -0.2) is 16.6 Å². The summed E-state index contributed by atoms with van der Waals surface area (Å²) in [5, 5.41) is 13.6. The van der Waals surface area contributed by atoms with Crippen LogP contribution in [0, 0.1) is 6.92 Å². The fraction of sp³-hybridized carbons (Fsp3) is 0.227. The van der Waals surface area contributed by atoms with Crippen molar-refractivity contribution in [2.45, 2.75) is 26.2 Å². The molecule has 2 N–H and O–H groups in total. The lowest BCUT2D eigenvalue weighted by Gasteiger charge is -2.14. The third-order valence-corrected chi connectivity index (χ3v) is 4.29. The van der Waals surface area contributed by atoms with Crippen molar-refractivity contribution in [3.8, 4) is 5.75 Å². The van der Waals surface area contributed by atoms with Gasteiger partial charge in [-0.05, 0) is 53.4 Å². The number of nitrogens with one attached hydrogen (secondary N) is 1. The third kappa shape index (κ3) is 5.15. The summed E-state index contributed by atoms with van der Waals surface area (Å²) in [5.41, 5.74) is 4.33. The number of rotatable bonds is 8. The van der Waals surface area contributed by atoms with Crippen LogP contribution in [0.15, 0.2) is 73.1 Å². The molecule has 1 atom stereocenters. The van der Waals surface area contributed by atoms with Gasteiger partial charge in [-0.25, -0.2) is 0 Å². The van der Waals surface area contributed by atoms with Crippen molar-refractivity contribution < 1.29 is 9.84 Å². The minimum atomic E-state index is -0.501. The number of aromatic nitrogens is 1. The number of aliphatic hydroxyl groups excluding tert-OH is 1. The van der Waals surface area contributed by atoms with E-state index in [2.05, 4.69) is 10.3 Å². The average molecular weight is 348 g/mol. The Kier molecular flexibility index (Phi) is 6.36. The summed E-state index contributed by atoms with van der Waals surface area (Å²) < 4.78 is 5.77. The summed E-state index contributed by atoms with van der Waals surface area (Å²) in [6.45, 7) is 3.77. The van der Waals surface area contributed by atoms with Crippen LogP contribution in [0.5, 0.6) is 5.75 Å². The largest absolute Gasteiger partial charge is 0.489 e. The van der Waals surface area contributed by atoms with Gasteiger partial charge in [-0.15, -0.1) is 0 Å². The summed E-state index contributed by atoms with van der Waals surface area (Å²) in [6, 6.07) is 19.8. The molecule has 1 aromatic heterocycles.